The van der Waals surface area contributed by atoms with Gasteiger partial charge in [-0.1, -0.05) is 12.1 Å². The summed E-state index contributed by atoms with van der Waals surface area (Å²) in [5.41, 5.74) is -0.419. The molecule has 1 unspecified atom stereocenters. The lowest BCUT2D eigenvalue weighted by Crippen LogP contribution is -2.42. The van der Waals surface area contributed by atoms with E-state index in [-0.39, 0.29) is 5.82 Å². The first-order chi connectivity index (χ1) is 17.0. The van der Waals surface area contributed by atoms with Crippen molar-refractivity contribution in [3.05, 3.63) is 53.9 Å². The maximum absolute atomic E-state index is 13.1. The third kappa shape index (κ3) is 9.36. The maximum Gasteiger partial charge on any atom is 0.336 e. The topological polar surface area (TPSA) is 162 Å². The summed E-state index contributed by atoms with van der Waals surface area (Å²) in [7, 11) is 0. The molecular weight excluding hydrogens is 477 g/mol. The van der Waals surface area contributed by atoms with Gasteiger partial charge in [0.15, 0.2) is 5.60 Å². The van der Waals surface area contributed by atoms with Gasteiger partial charge in [-0.05, 0) is 37.5 Å². The molecule has 3 rings (SSSR count). The van der Waals surface area contributed by atoms with Crippen LogP contribution < -0.4 is 0 Å². The molecule has 1 aromatic carbocycles. The van der Waals surface area contributed by atoms with E-state index in [1.54, 1.807) is 0 Å². The SMILES string of the molecule is CCn1cncc1CN(Cc1ccc(F)cc1)CC1CCCO1.O=C(O)CC(O)(CC(=O)O)C(=O)O. The second-order valence-electron chi connectivity index (χ2n) is 8.58. The minimum Gasteiger partial charge on any atom is -0.481 e. The molecule has 1 atom stereocenters. The van der Waals surface area contributed by atoms with Gasteiger partial charge in [0, 0.05) is 39.0 Å². The number of benzene rings is 1. The summed E-state index contributed by atoms with van der Waals surface area (Å²) in [5, 5.41) is 33.8. The summed E-state index contributed by atoms with van der Waals surface area (Å²) in [6.45, 7) is 6.41. The van der Waals surface area contributed by atoms with Crippen LogP contribution in [0.1, 0.15) is 43.9 Å². The van der Waals surface area contributed by atoms with Crippen LogP contribution in [0.5, 0.6) is 0 Å². The Balaban J connectivity index is 0.000000302. The molecule has 0 bridgehead atoms. The van der Waals surface area contributed by atoms with Crippen LogP contribution in [0.2, 0.25) is 0 Å². The summed E-state index contributed by atoms with van der Waals surface area (Å²) < 4.78 is 21.1. The highest BCUT2D eigenvalue weighted by Crippen LogP contribution is 2.18. The smallest absolute Gasteiger partial charge is 0.336 e. The second-order valence-corrected chi connectivity index (χ2v) is 8.58. The van der Waals surface area contributed by atoms with Crippen molar-refractivity contribution < 1.29 is 43.9 Å². The highest BCUT2D eigenvalue weighted by atomic mass is 19.1. The summed E-state index contributed by atoms with van der Waals surface area (Å²) in [5.74, 6) is -5.21. The van der Waals surface area contributed by atoms with Crippen LogP contribution in [0.3, 0.4) is 0 Å². The van der Waals surface area contributed by atoms with E-state index in [9.17, 15) is 18.8 Å². The van der Waals surface area contributed by atoms with Gasteiger partial charge in [-0.2, -0.15) is 0 Å². The molecule has 1 aliphatic heterocycles. The molecule has 0 saturated carbocycles. The number of ether oxygens (including phenoxy) is 1. The molecule has 0 aliphatic carbocycles. The largest absolute Gasteiger partial charge is 0.481 e. The van der Waals surface area contributed by atoms with E-state index in [0.29, 0.717) is 6.10 Å². The number of aliphatic hydroxyl groups is 1. The third-order valence-corrected chi connectivity index (χ3v) is 5.62. The molecule has 1 aliphatic rings. The Morgan fingerprint density at radius 1 is 1.14 bits per heavy atom. The van der Waals surface area contributed by atoms with Crippen molar-refractivity contribution in [2.75, 3.05) is 13.2 Å². The van der Waals surface area contributed by atoms with Crippen molar-refractivity contribution in [2.24, 2.45) is 0 Å². The number of aromatic nitrogens is 2. The predicted octanol–water partition coefficient (Wildman–Crippen LogP) is 1.97. The van der Waals surface area contributed by atoms with Crippen molar-refractivity contribution in [1.82, 2.24) is 14.5 Å². The number of carboxylic acid groups (broad SMARTS) is 3. The first-order valence-corrected chi connectivity index (χ1v) is 11.5. The van der Waals surface area contributed by atoms with E-state index < -0.39 is 36.4 Å². The molecule has 36 heavy (non-hydrogen) atoms. The number of hydrogen-bond donors (Lipinski definition) is 4. The Hall–Kier alpha value is -3.35. The zero-order valence-electron chi connectivity index (χ0n) is 20.0. The number of aliphatic carboxylic acids is 3. The van der Waals surface area contributed by atoms with Crippen molar-refractivity contribution in [3.63, 3.8) is 0 Å². The summed E-state index contributed by atoms with van der Waals surface area (Å²) in [4.78, 5) is 37.1. The quantitative estimate of drug-likeness (QED) is 0.333. The Morgan fingerprint density at radius 3 is 2.28 bits per heavy atom. The maximum atomic E-state index is 13.1. The molecule has 1 fully saturated rings. The van der Waals surface area contributed by atoms with Gasteiger partial charge in [-0.15, -0.1) is 0 Å². The van der Waals surface area contributed by atoms with Gasteiger partial charge in [0.25, 0.3) is 0 Å². The Bertz CT molecular complexity index is 989. The van der Waals surface area contributed by atoms with Gasteiger partial charge in [0.05, 0.1) is 31.0 Å². The van der Waals surface area contributed by atoms with Gasteiger partial charge in [0.1, 0.15) is 5.82 Å². The van der Waals surface area contributed by atoms with Crippen LogP contribution in [0, 0.1) is 5.82 Å². The highest BCUT2D eigenvalue weighted by molar-refractivity contribution is 5.88. The number of aryl methyl sites for hydroxylation is 1. The fraction of sp³-hybridized carbons (Fsp3) is 0.500. The molecule has 4 N–H and O–H groups in total. The fourth-order valence-electron chi connectivity index (χ4n) is 3.82. The zero-order valence-corrected chi connectivity index (χ0v) is 20.0. The molecule has 2 heterocycles. The van der Waals surface area contributed by atoms with E-state index in [4.69, 9.17) is 25.2 Å². The molecule has 1 saturated heterocycles. The number of imidazole rings is 1. The Kier molecular flexibility index (Phi) is 11.0. The predicted molar refractivity (Wildman–Crippen MR) is 124 cm³/mol. The monoisotopic (exact) mass is 509 g/mol. The molecule has 0 amide bonds. The third-order valence-electron chi connectivity index (χ3n) is 5.62. The summed E-state index contributed by atoms with van der Waals surface area (Å²) >= 11 is 0. The van der Waals surface area contributed by atoms with E-state index in [1.165, 1.54) is 17.8 Å². The number of hydrogen-bond acceptors (Lipinski definition) is 7. The lowest BCUT2D eigenvalue weighted by atomic mass is 9.96. The average molecular weight is 510 g/mol. The van der Waals surface area contributed by atoms with Gasteiger partial charge in [-0.25, -0.2) is 14.2 Å². The minimum absolute atomic E-state index is 0.191. The van der Waals surface area contributed by atoms with E-state index in [1.807, 2.05) is 24.7 Å². The summed E-state index contributed by atoms with van der Waals surface area (Å²) in [6.07, 6.45) is 4.07. The first kappa shape index (κ1) is 28.9. The molecule has 1 aromatic heterocycles. The van der Waals surface area contributed by atoms with Gasteiger partial charge >= 0.3 is 17.9 Å². The number of halogens is 1. The average Bonchev–Trinajstić information content (AvgIpc) is 3.46. The molecule has 12 heteroatoms. The zero-order chi connectivity index (χ0) is 26.7. The van der Waals surface area contributed by atoms with Crippen molar-refractivity contribution in [1.29, 1.82) is 0 Å². The molecule has 0 spiro atoms. The molecule has 198 valence electrons. The van der Waals surface area contributed by atoms with E-state index in [0.717, 1.165) is 51.2 Å². The van der Waals surface area contributed by atoms with Crippen molar-refractivity contribution in [3.8, 4) is 0 Å². The number of rotatable bonds is 12. The molecule has 2 aromatic rings. The van der Waals surface area contributed by atoms with Gasteiger partial charge < -0.3 is 29.7 Å². The Labute approximate surface area is 207 Å². The first-order valence-electron chi connectivity index (χ1n) is 11.5. The van der Waals surface area contributed by atoms with Crippen molar-refractivity contribution in [2.45, 2.75) is 63.9 Å². The standard InChI is InChI=1S/C18H24FN3O.C6H8O7/c1-2-22-14-20-10-17(22)12-21(13-18-4-3-9-23-18)11-15-5-7-16(19)8-6-15;7-3(8)1-6(13,5(11)12)2-4(9)10/h5-8,10,14,18H,2-4,9,11-13H2,1H3;13H,1-2H2,(H,7,8)(H,9,10)(H,11,12). The molecule has 11 nitrogen and oxygen atoms in total. The number of carboxylic acids is 3. The van der Waals surface area contributed by atoms with Crippen molar-refractivity contribution >= 4 is 17.9 Å². The lowest BCUT2D eigenvalue weighted by molar-refractivity contribution is -0.170. The number of nitrogens with zero attached hydrogens (tertiary/aromatic N) is 3. The Morgan fingerprint density at radius 2 is 1.78 bits per heavy atom. The van der Waals surface area contributed by atoms with Crippen LogP contribution in [0.25, 0.3) is 0 Å². The second kappa shape index (κ2) is 13.7. The molecule has 0 radical (unpaired) electrons. The van der Waals surface area contributed by atoms with Crippen LogP contribution in [0.15, 0.2) is 36.8 Å². The van der Waals surface area contributed by atoms with E-state index >= 15 is 0 Å². The van der Waals surface area contributed by atoms with Gasteiger partial charge in [-0.3, -0.25) is 14.5 Å². The van der Waals surface area contributed by atoms with Crippen LogP contribution in [0.4, 0.5) is 4.39 Å². The lowest BCUT2D eigenvalue weighted by Gasteiger charge is -2.25. The highest BCUT2D eigenvalue weighted by Gasteiger charge is 2.40. The van der Waals surface area contributed by atoms with Crippen LogP contribution in [-0.4, -0.2) is 77.6 Å². The fourth-order valence-corrected chi connectivity index (χ4v) is 3.82. The van der Waals surface area contributed by atoms with E-state index in [2.05, 4.69) is 21.4 Å². The van der Waals surface area contributed by atoms with Crippen LogP contribution in [-0.2, 0) is 38.8 Å². The number of carbonyl (C=O) groups is 3. The normalized spacial score (nSPS) is 15.4. The van der Waals surface area contributed by atoms with Crippen LogP contribution >= 0.6 is 0 Å². The summed E-state index contributed by atoms with van der Waals surface area (Å²) in [6, 6.07) is 6.76. The molecular formula is C24H32FN3O8. The minimum atomic E-state index is -2.74. The van der Waals surface area contributed by atoms with Gasteiger partial charge in [0.2, 0.25) is 0 Å².